The molecule has 0 aliphatic heterocycles. The van der Waals surface area contributed by atoms with Crippen LogP contribution in [0.1, 0.15) is 10.4 Å². The Morgan fingerprint density at radius 2 is 2.11 bits per heavy atom. The van der Waals surface area contributed by atoms with Crippen molar-refractivity contribution >= 4 is 46.5 Å². The van der Waals surface area contributed by atoms with Crippen LogP contribution in [0.3, 0.4) is 0 Å². The molecule has 1 heterocycles. The number of nitrogen functional groups attached to an aromatic ring is 1. The largest absolute Gasteiger partial charge is 0.465 e. The van der Waals surface area contributed by atoms with Crippen LogP contribution in [-0.4, -0.2) is 29.5 Å². The second kappa shape index (κ2) is 6.27. The summed E-state index contributed by atoms with van der Waals surface area (Å²) in [6, 6.07) is 5.13. The smallest absolute Gasteiger partial charge is 0.339 e. The Labute approximate surface area is 122 Å². The lowest BCUT2D eigenvalue weighted by atomic mass is 10.2. The summed E-state index contributed by atoms with van der Waals surface area (Å²) in [5.74, 6) is -0.413. The first kappa shape index (κ1) is 14.2. The van der Waals surface area contributed by atoms with Crippen LogP contribution in [0.15, 0.2) is 31.8 Å². The van der Waals surface area contributed by atoms with Gasteiger partial charge in [0.2, 0.25) is 0 Å². The fourth-order valence-electron chi connectivity index (χ4n) is 1.32. The molecule has 0 saturated heterocycles. The van der Waals surface area contributed by atoms with Crippen LogP contribution in [-0.2, 0) is 4.74 Å². The first-order valence-electron chi connectivity index (χ1n) is 5.17. The van der Waals surface area contributed by atoms with Crippen molar-refractivity contribution in [2.45, 2.75) is 13.6 Å². The maximum atomic E-state index is 11.7. The van der Waals surface area contributed by atoms with Crippen LogP contribution < -0.4 is 5.73 Å². The Morgan fingerprint density at radius 1 is 1.37 bits per heavy atom. The van der Waals surface area contributed by atoms with Gasteiger partial charge in [0.15, 0.2) is 8.68 Å². The molecule has 19 heavy (non-hydrogen) atoms. The molecule has 0 spiro atoms. The predicted molar refractivity (Wildman–Crippen MR) is 78.0 cm³/mol. The molecule has 2 aromatic rings. The molecule has 2 N–H and O–H groups in total. The third-order valence-corrected chi connectivity index (χ3v) is 5.19. The number of methoxy groups -OCH3 is 1. The van der Waals surface area contributed by atoms with Crippen molar-refractivity contribution in [1.82, 2.24) is 10.2 Å². The average Bonchev–Trinajstić information content (AvgIpc) is 2.87. The summed E-state index contributed by atoms with van der Waals surface area (Å²) >= 11 is 4.40. The first-order valence-corrected chi connectivity index (χ1v) is 8.03. The summed E-state index contributed by atoms with van der Waals surface area (Å²) in [6.45, 7) is 0. The normalized spacial score (nSPS) is 10.4. The highest BCUT2D eigenvalue weighted by Crippen LogP contribution is 2.35. The van der Waals surface area contributed by atoms with Gasteiger partial charge in [-0.15, -0.1) is 10.2 Å². The number of hydrogen-bond donors (Lipinski definition) is 1. The number of rotatable bonds is 4. The number of esters is 1. The fraction of sp³-hybridized carbons (Fsp3) is 0.182. The summed E-state index contributed by atoms with van der Waals surface area (Å²) in [4.78, 5) is 12.5. The Morgan fingerprint density at radius 3 is 2.74 bits per heavy atom. The zero-order valence-corrected chi connectivity index (χ0v) is 12.7. The van der Waals surface area contributed by atoms with Gasteiger partial charge >= 0.3 is 5.97 Å². The number of aromatic nitrogens is 2. The monoisotopic (exact) mass is 313 g/mol. The molecule has 0 radical (unpaired) electrons. The lowest BCUT2D eigenvalue weighted by Gasteiger charge is -2.06. The van der Waals surface area contributed by atoms with Crippen molar-refractivity contribution in [2.24, 2.45) is 0 Å². The van der Waals surface area contributed by atoms with Crippen molar-refractivity contribution in [2.75, 3.05) is 19.1 Å². The molecule has 1 aromatic heterocycles. The summed E-state index contributed by atoms with van der Waals surface area (Å²) in [5.41, 5.74) is 6.65. The molecule has 2 rings (SSSR count). The minimum absolute atomic E-state index is 0.413. The minimum atomic E-state index is -0.413. The van der Waals surface area contributed by atoms with Crippen molar-refractivity contribution in [3.05, 3.63) is 23.8 Å². The molecule has 0 aliphatic carbocycles. The third-order valence-electron chi connectivity index (χ3n) is 2.17. The van der Waals surface area contributed by atoms with Crippen molar-refractivity contribution < 1.29 is 9.53 Å². The highest BCUT2D eigenvalue weighted by Gasteiger charge is 2.15. The molecular formula is C11H11N3O2S3. The number of ether oxygens (including phenoxy) is 1. The lowest BCUT2D eigenvalue weighted by molar-refractivity contribution is 0.0597. The molecule has 8 heteroatoms. The number of hydrogen-bond acceptors (Lipinski definition) is 8. The number of carbonyl (C=O) groups excluding carboxylic acids is 1. The van der Waals surface area contributed by atoms with Crippen molar-refractivity contribution in [3.8, 4) is 0 Å². The lowest BCUT2D eigenvalue weighted by Crippen LogP contribution is -2.04. The van der Waals surface area contributed by atoms with Gasteiger partial charge in [0, 0.05) is 10.6 Å². The third kappa shape index (κ3) is 3.40. The van der Waals surface area contributed by atoms with E-state index in [2.05, 4.69) is 10.2 Å². The molecule has 0 fully saturated rings. The molecule has 0 saturated carbocycles. The van der Waals surface area contributed by atoms with E-state index in [9.17, 15) is 4.79 Å². The van der Waals surface area contributed by atoms with Crippen LogP contribution in [0.25, 0.3) is 0 Å². The van der Waals surface area contributed by atoms with E-state index in [1.807, 2.05) is 6.26 Å². The number of anilines is 1. The van der Waals surface area contributed by atoms with Crippen LogP contribution in [0.2, 0.25) is 0 Å². The number of nitrogens with two attached hydrogens (primary N) is 1. The molecule has 1 aromatic carbocycles. The molecule has 100 valence electrons. The van der Waals surface area contributed by atoms with Gasteiger partial charge in [-0.2, -0.15) is 0 Å². The number of nitrogens with zero attached hydrogens (tertiary/aromatic N) is 2. The van der Waals surface area contributed by atoms with Gasteiger partial charge in [-0.3, -0.25) is 0 Å². The Balaban J connectivity index is 2.31. The van der Waals surface area contributed by atoms with Gasteiger partial charge in [-0.05, 0) is 24.5 Å². The second-order valence-corrected chi connectivity index (χ2v) is 6.71. The van der Waals surface area contributed by atoms with E-state index in [1.54, 1.807) is 18.2 Å². The summed E-state index contributed by atoms with van der Waals surface area (Å²) < 4.78 is 6.42. The van der Waals surface area contributed by atoms with Crippen LogP contribution in [0.5, 0.6) is 0 Å². The Hall–Kier alpha value is -1.25. The van der Waals surface area contributed by atoms with Crippen LogP contribution in [0, 0.1) is 0 Å². The van der Waals surface area contributed by atoms with E-state index in [-0.39, 0.29) is 0 Å². The highest BCUT2D eigenvalue weighted by molar-refractivity contribution is 8.03. The summed E-state index contributed by atoms with van der Waals surface area (Å²) in [7, 11) is 1.34. The number of carbonyl (C=O) groups is 1. The quantitative estimate of drug-likeness (QED) is 0.528. The molecule has 0 bridgehead atoms. The van der Waals surface area contributed by atoms with Gasteiger partial charge in [0.1, 0.15) is 0 Å². The maximum Gasteiger partial charge on any atom is 0.339 e. The Bertz CT molecular complexity index is 601. The Kier molecular flexibility index (Phi) is 4.67. The van der Waals surface area contributed by atoms with E-state index in [0.29, 0.717) is 11.3 Å². The standard InChI is InChI=1S/C11H11N3O2S3/c1-16-9(15)7-5-6(12)3-4-8(7)18-11-14-13-10(17-2)19-11/h3-5H,12H2,1-2H3. The fourth-order valence-corrected chi connectivity index (χ4v) is 3.82. The number of benzene rings is 1. The van der Waals surface area contributed by atoms with E-state index in [4.69, 9.17) is 10.5 Å². The molecule has 0 unspecified atom stereocenters. The zero-order chi connectivity index (χ0) is 13.8. The molecule has 0 aliphatic rings. The number of thioether (sulfide) groups is 1. The summed E-state index contributed by atoms with van der Waals surface area (Å²) in [6.07, 6.45) is 1.94. The predicted octanol–water partition coefficient (Wildman–Crippen LogP) is 2.78. The summed E-state index contributed by atoms with van der Waals surface area (Å²) in [5, 5.41) is 8.07. The average molecular weight is 313 g/mol. The van der Waals surface area contributed by atoms with E-state index in [0.717, 1.165) is 13.6 Å². The van der Waals surface area contributed by atoms with Crippen molar-refractivity contribution in [1.29, 1.82) is 0 Å². The molecule has 0 amide bonds. The SMILES string of the molecule is COC(=O)c1cc(N)ccc1Sc1nnc(SC)s1. The molecular weight excluding hydrogens is 302 g/mol. The van der Waals surface area contributed by atoms with Gasteiger partial charge in [-0.25, -0.2) is 4.79 Å². The van der Waals surface area contributed by atoms with Crippen LogP contribution >= 0.6 is 34.9 Å². The van der Waals surface area contributed by atoms with Gasteiger partial charge in [0.05, 0.1) is 12.7 Å². The van der Waals surface area contributed by atoms with Gasteiger partial charge in [-0.1, -0.05) is 34.9 Å². The van der Waals surface area contributed by atoms with Gasteiger partial charge < -0.3 is 10.5 Å². The van der Waals surface area contributed by atoms with E-state index >= 15 is 0 Å². The molecule has 5 nitrogen and oxygen atoms in total. The van der Waals surface area contributed by atoms with E-state index in [1.165, 1.54) is 42.0 Å². The maximum absolute atomic E-state index is 11.7. The van der Waals surface area contributed by atoms with Gasteiger partial charge in [0.25, 0.3) is 0 Å². The van der Waals surface area contributed by atoms with Crippen molar-refractivity contribution in [3.63, 3.8) is 0 Å². The second-order valence-electron chi connectivity index (χ2n) is 3.39. The first-order chi connectivity index (χ1) is 9.13. The molecule has 0 atom stereocenters. The highest BCUT2D eigenvalue weighted by atomic mass is 32.2. The zero-order valence-electron chi connectivity index (χ0n) is 10.2. The van der Waals surface area contributed by atoms with E-state index < -0.39 is 5.97 Å². The minimum Gasteiger partial charge on any atom is -0.465 e. The van der Waals surface area contributed by atoms with Crippen LogP contribution in [0.4, 0.5) is 5.69 Å². The topological polar surface area (TPSA) is 78.1 Å².